The van der Waals surface area contributed by atoms with E-state index in [1.807, 2.05) is 30.3 Å². The van der Waals surface area contributed by atoms with E-state index in [9.17, 15) is 18.8 Å². The van der Waals surface area contributed by atoms with Gasteiger partial charge in [0, 0.05) is 18.0 Å². The molecule has 0 saturated heterocycles. The quantitative estimate of drug-likeness (QED) is 0.751. The topological polar surface area (TPSA) is 73.1 Å². The molecule has 0 radical (unpaired) electrons. The second kappa shape index (κ2) is 7.82. The van der Waals surface area contributed by atoms with Crippen LogP contribution in [-0.4, -0.2) is 15.0 Å². The summed E-state index contributed by atoms with van der Waals surface area (Å²) in [7, 11) is 0. The van der Waals surface area contributed by atoms with Crippen molar-refractivity contribution in [2.45, 2.75) is 20.0 Å². The molecule has 138 valence electrons. The van der Waals surface area contributed by atoms with Crippen LogP contribution in [0.1, 0.15) is 11.1 Å². The summed E-state index contributed by atoms with van der Waals surface area (Å²) in [6, 6.07) is 14.5. The fraction of sp³-hybridized carbons (Fsp3) is 0.150. The van der Waals surface area contributed by atoms with E-state index in [1.54, 1.807) is 6.92 Å². The zero-order chi connectivity index (χ0) is 19.4. The van der Waals surface area contributed by atoms with Crippen molar-refractivity contribution in [2.75, 3.05) is 5.32 Å². The van der Waals surface area contributed by atoms with Gasteiger partial charge >= 0.3 is 5.69 Å². The maximum atomic E-state index is 13.4. The summed E-state index contributed by atoms with van der Waals surface area (Å²) >= 11 is 0. The van der Waals surface area contributed by atoms with E-state index in [0.29, 0.717) is 11.3 Å². The van der Waals surface area contributed by atoms with Gasteiger partial charge in [-0.3, -0.25) is 18.7 Å². The molecule has 0 saturated carbocycles. The standard InChI is InChI=1S/C20H18FN3O3/c1-14-7-8-16(21)11-17(14)22-18(25)13-24-19(26)9-10-23(20(24)27)12-15-5-3-2-4-6-15/h2-11H,12-13H2,1H3,(H,22,25). The highest BCUT2D eigenvalue weighted by Gasteiger charge is 2.12. The summed E-state index contributed by atoms with van der Waals surface area (Å²) < 4.78 is 15.6. The maximum Gasteiger partial charge on any atom is 0.331 e. The molecule has 0 spiro atoms. The average Bonchev–Trinajstić information content (AvgIpc) is 2.65. The highest BCUT2D eigenvalue weighted by molar-refractivity contribution is 5.91. The molecule has 1 aromatic heterocycles. The number of amides is 1. The second-order valence-corrected chi connectivity index (χ2v) is 6.14. The van der Waals surface area contributed by atoms with Crippen LogP contribution in [0.5, 0.6) is 0 Å². The predicted molar refractivity (Wildman–Crippen MR) is 100 cm³/mol. The lowest BCUT2D eigenvalue weighted by Crippen LogP contribution is -2.41. The van der Waals surface area contributed by atoms with Gasteiger partial charge in [0.25, 0.3) is 5.56 Å². The fourth-order valence-electron chi connectivity index (χ4n) is 2.67. The molecule has 0 fully saturated rings. The van der Waals surface area contributed by atoms with Crippen molar-refractivity contribution < 1.29 is 9.18 Å². The normalized spacial score (nSPS) is 10.6. The van der Waals surface area contributed by atoms with Crippen LogP contribution in [0.4, 0.5) is 10.1 Å². The van der Waals surface area contributed by atoms with Gasteiger partial charge in [0.05, 0.1) is 6.54 Å². The Morgan fingerprint density at radius 3 is 2.56 bits per heavy atom. The third-order valence-corrected chi connectivity index (χ3v) is 4.11. The summed E-state index contributed by atoms with van der Waals surface area (Å²) in [5, 5.41) is 2.54. The molecule has 7 heteroatoms. The smallest absolute Gasteiger partial charge is 0.324 e. The Hall–Kier alpha value is -3.48. The van der Waals surface area contributed by atoms with Gasteiger partial charge in [-0.05, 0) is 30.2 Å². The molecule has 0 atom stereocenters. The summed E-state index contributed by atoms with van der Waals surface area (Å²) in [5.74, 6) is -1.07. The molecule has 6 nitrogen and oxygen atoms in total. The number of nitrogens with one attached hydrogen (secondary N) is 1. The predicted octanol–water partition coefficient (Wildman–Crippen LogP) is 2.14. The van der Waals surface area contributed by atoms with Crippen LogP contribution in [-0.2, 0) is 17.9 Å². The van der Waals surface area contributed by atoms with Gasteiger partial charge in [-0.2, -0.15) is 0 Å². The molecular weight excluding hydrogens is 349 g/mol. The van der Waals surface area contributed by atoms with E-state index in [4.69, 9.17) is 0 Å². The van der Waals surface area contributed by atoms with Crippen LogP contribution < -0.4 is 16.6 Å². The Labute approximate surface area is 154 Å². The Kier molecular flexibility index (Phi) is 5.30. The molecular formula is C20H18FN3O3. The van der Waals surface area contributed by atoms with Gasteiger partial charge in [-0.25, -0.2) is 9.18 Å². The minimum atomic E-state index is -0.586. The first-order valence-electron chi connectivity index (χ1n) is 8.34. The Morgan fingerprint density at radius 1 is 1.07 bits per heavy atom. The molecule has 3 rings (SSSR count). The molecule has 3 aromatic rings. The van der Waals surface area contributed by atoms with Crippen LogP contribution in [0.2, 0.25) is 0 Å². The van der Waals surface area contributed by atoms with Crippen molar-refractivity contribution in [3.8, 4) is 0 Å². The number of aryl methyl sites for hydroxylation is 1. The van der Waals surface area contributed by atoms with Crippen LogP contribution in [0.3, 0.4) is 0 Å². The fourth-order valence-corrected chi connectivity index (χ4v) is 2.67. The van der Waals surface area contributed by atoms with Gasteiger partial charge in [0.2, 0.25) is 5.91 Å². The molecule has 0 bridgehead atoms. The summed E-state index contributed by atoms with van der Waals surface area (Å²) in [6.45, 7) is 1.55. The van der Waals surface area contributed by atoms with Crippen molar-refractivity contribution in [2.24, 2.45) is 0 Å². The number of benzene rings is 2. The molecule has 1 N–H and O–H groups in total. The van der Waals surface area contributed by atoms with Gasteiger partial charge in [0.15, 0.2) is 0 Å². The number of nitrogens with zero attached hydrogens (tertiary/aromatic N) is 2. The number of aromatic nitrogens is 2. The Morgan fingerprint density at radius 2 is 1.81 bits per heavy atom. The highest BCUT2D eigenvalue weighted by atomic mass is 19.1. The first-order chi connectivity index (χ1) is 12.9. The van der Waals surface area contributed by atoms with E-state index in [-0.39, 0.29) is 6.54 Å². The van der Waals surface area contributed by atoms with Crippen molar-refractivity contribution in [1.29, 1.82) is 0 Å². The van der Waals surface area contributed by atoms with Gasteiger partial charge in [0.1, 0.15) is 12.4 Å². The molecule has 27 heavy (non-hydrogen) atoms. The summed E-state index contributed by atoms with van der Waals surface area (Å²) in [4.78, 5) is 36.9. The number of hydrogen-bond donors (Lipinski definition) is 1. The minimum Gasteiger partial charge on any atom is -0.324 e. The molecule has 0 unspecified atom stereocenters. The van der Waals surface area contributed by atoms with Gasteiger partial charge in [-0.1, -0.05) is 36.4 Å². The Bertz CT molecular complexity index is 1090. The van der Waals surface area contributed by atoms with Crippen LogP contribution in [0, 0.1) is 12.7 Å². The highest BCUT2D eigenvalue weighted by Crippen LogP contribution is 2.15. The largest absolute Gasteiger partial charge is 0.331 e. The molecule has 1 amide bonds. The number of hydrogen-bond acceptors (Lipinski definition) is 3. The van der Waals surface area contributed by atoms with E-state index >= 15 is 0 Å². The van der Waals surface area contributed by atoms with Crippen LogP contribution in [0.25, 0.3) is 0 Å². The summed E-state index contributed by atoms with van der Waals surface area (Å²) in [6.07, 6.45) is 1.41. The van der Waals surface area contributed by atoms with Crippen LogP contribution in [0.15, 0.2) is 70.4 Å². The van der Waals surface area contributed by atoms with Gasteiger partial charge in [-0.15, -0.1) is 0 Å². The van der Waals surface area contributed by atoms with Crippen LogP contribution >= 0.6 is 0 Å². The monoisotopic (exact) mass is 367 g/mol. The SMILES string of the molecule is Cc1ccc(F)cc1NC(=O)Cn1c(=O)ccn(Cc2ccccc2)c1=O. The molecule has 0 aliphatic rings. The molecule has 0 aliphatic carbocycles. The third kappa shape index (κ3) is 4.38. The lowest BCUT2D eigenvalue weighted by molar-refractivity contribution is -0.116. The number of anilines is 1. The molecule has 1 heterocycles. The van der Waals surface area contributed by atoms with Gasteiger partial charge < -0.3 is 5.32 Å². The zero-order valence-corrected chi connectivity index (χ0v) is 14.7. The first kappa shape index (κ1) is 18.3. The van der Waals surface area contributed by atoms with E-state index in [1.165, 1.54) is 35.0 Å². The minimum absolute atomic E-state index is 0.282. The average molecular weight is 367 g/mol. The lowest BCUT2D eigenvalue weighted by atomic mass is 10.2. The molecule has 2 aromatic carbocycles. The van der Waals surface area contributed by atoms with Crippen molar-refractivity contribution in [3.63, 3.8) is 0 Å². The lowest BCUT2D eigenvalue weighted by Gasteiger charge is -2.11. The number of carbonyl (C=O) groups is 1. The first-order valence-corrected chi connectivity index (χ1v) is 8.34. The summed E-state index contributed by atoms with van der Waals surface area (Å²) in [5.41, 5.74) is 0.706. The number of rotatable bonds is 5. The van der Waals surface area contributed by atoms with Crippen molar-refractivity contribution in [1.82, 2.24) is 9.13 Å². The third-order valence-electron chi connectivity index (χ3n) is 4.11. The number of halogens is 1. The maximum absolute atomic E-state index is 13.4. The van der Waals surface area contributed by atoms with E-state index < -0.39 is 29.5 Å². The number of carbonyl (C=O) groups excluding carboxylic acids is 1. The molecule has 0 aliphatic heterocycles. The van der Waals surface area contributed by atoms with E-state index in [2.05, 4.69) is 5.32 Å². The van der Waals surface area contributed by atoms with Crippen molar-refractivity contribution in [3.05, 3.63) is 98.6 Å². The van der Waals surface area contributed by atoms with Crippen molar-refractivity contribution >= 4 is 11.6 Å². The zero-order valence-electron chi connectivity index (χ0n) is 14.7. The Balaban J connectivity index is 1.83. The second-order valence-electron chi connectivity index (χ2n) is 6.14. The van der Waals surface area contributed by atoms with E-state index in [0.717, 1.165) is 10.1 Å².